The van der Waals surface area contributed by atoms with Gasteiger partial charge in [0, 0.05) is 55.7 Å². The highest BCUT2D eigenvalue weighted by atomic mass is 16.4. The van der Waals surface area contributed by atoms with E-state index in [0.717, 1.165) is 99.5 Å². The summed E-state index contributed by atoms with van der Waals surface area (Å²) in [7, 11) is 0. The highest BCUT2D eigenvalue weighted by Gasteiger charge is 2.20. The van der Waals surface area contributed by atoms with E-state index in [-0.39, 0.29) is 0 Å². The van der Waals surface area contributed by atoms with Gasteiger partial charge in [-0.1, -0.05) is 60.7 Å². The van der Waals surface area contributed by atoms with Gasteiger partial charge in [-0.25, -0.2) is 0 Å². The van der Waals surface area contributed by atoms with Crippen LogP contribution in [0.5, 0.6) is 0 Å². The maximum atomic E-state index is 6.76. The number of hydrogen-bond donors (Lipinski definition) is 0. The molecule has 9 aromatic carbocycles. The molecule has 0 bridgehead atoms. The highest BCUT2D eigenvalue weighted by molar-refractivity contribution is 6.21. The molecule has 58 heavy (non-hydrogen) atoms. The number of fused-ring (bicyclic) bond motifs is 9. The summed E-state index contributed by atoms with van der Waals surface area (Å²) in [5.74, 6) is 0. The summed E-state index contributed by atoms with van der Waals surface area (Å²) in [4.78, 5) is 4.66. The SMILES string of the molecule is Cc1cccc(N(c2cccc(C)c2)c2ccc3cc4c(cc3c2)oc2c4ccc3c4cc5ccc(N(c6cccc(C)c6)c6cccc(C)c6)cc5cc4oc32)c1. The van der Waals surface area contributed by atoms with E-state index in [1.165, 1.54) is 22.3 Å². The average Bonchev–Trinajstić information content (AvgIpc) is 3.77. The zero-order valence-electron chi connectivity index (χ0n) is 32.9. The Balaban J connectivity index is 1.03. The van der Waals surface area contributed by atoms with Crippen molar-refractivity contribution in [2.75, 3.05) is 9.80 Å². The molecule has 0 saturated carbocycles. The quantitative estimate of drug-likeness (QED) is 0.170. The van der Waals surface area contributed by atoms with Gasteiger partial charge in [-0.15, -0.1) is 0 Å². The number of rotatable bonds is 6. The van der Waals surface area contributed by atoms with Gasteiger partial charge in [-0.2, -0.15) is 0 Å². The predicted molar refractivity (Wildman–Crippen MR) is 244 cm³/mol. The molecule has 0 N–H and O–H groups in total. The van der Waals surface area contributed by atoms with Gasteiger partial charge < -0.3 is 18.6 Å². The van der Waals surface area contributed by atoms with Crippen LogP contribution < -0.4 is 9.80 Å². The van der Waals surface area contributed by atoms with Crippen molar-refractivity contribution < 1.29 is 8.83 Å². The fourth-order valence-corrected chi connectivity index (χ4v) is 8.77. The van der Waals surface area contributed by atoms with Crippen molar-refractivity contribution in [1.82, 2.24) is 0 Å². The minimum atomic E-state index is 0.773. The molecule has 0 fully saturated rings. The Morgan fingerprint density at radius 2 is 0.638 bits per heavy atom. The van der Waals surface area contributed by atoms with Gasteiger partial charge in [0.1, 0.15) is 11.2 Å². The van der Waals surface area contributed by atoms with E-state index >= 15 is 0 Å². The fourth-order valence-electron chi connectivity index (χ4n) is 8.77. The summed E-state index contributed by atoms with van der Waals surface area (Å²) in [6.45, 7) is 8.56. The lowest BCUT2D eigenvalue weighted by Crippen LogP contribution is -2.10. The van der Waals surface area contributed by atoms with Crippen LogP contribution in [-0.4, -0.2) is 0 Å². The molecule has 4 nitrogen and oxygen atoms in total. The maximum absolute atomic E-state index is 6.76. The Kier molecular flexibility index (Phi) is 7.70. The van der Waals surface area contributed by atoms with E-state index in [9.17, 15) is 0 Å². The van der Waals surface area contributed by atoms with Crippen molar-refractivity contribution in [2.45, 2.75) is 27.7 Å². The Bertz CT molecular complexity index is 3100. The largest absolute Gasteiger partial charge is 0.452 e. The summed E-state index contributed by atoms with van der Waals surface area (Å²) in [6.07, 6.45) is 0. The summed E-state index contributed by atoms with van der Waals surface area (Å²) in [5.41, 5.74) is 14.8. The van der Waals surface area contributed by atoms with Crippen LogP contribution >= 0.6 is 0 Å². The van der Waals surface area contributed by atoms with Crippen molar-refractivity contribution >= 4 is 99.5 Å². The zero-order chi connectivity index (χ0) is 39.1. The summed E-state index contributed by atoms with van der Waals surface area (Å²) >= 11 is 0. The molecule has 0 unspecified atom stereocenters. The molecule has 0 aliphatic heterocycles. The number of benzene rings is 9. The highest BCUT2D eigenvalue weighted by Crippen LogP contribution is 2.43. The van der Waals surface area contributed by atoms with E-state index in [0.29, 0.717) is 0 Å². The third-order valence-corrected chi connectivity index (χ3v) is 11.5. The lowest BCUT2D eigenvalue weighted by molar-refractivity contribution is 0.634. The molecule has 0 amide bonds. The molecule has 2 heterocycles. The van der Waals surface area contributed by atoms with E-state index in [1.54, 1.807) is 0 Å². The van der Waals surface area contributed by atoms with Gasteiger partial charge in [-0.3, -0.25) is 0 Å². The smallest absolute Gasteiger partial charge is 0.178 e. The Morgan fingerprint density at radius 1 is 0.293 bits per heavy atom. The maximum Gasteiger partial charge on any atom is 0.178 e. The molecule has 2 aromatic heterocycles. The van der Waals surface area contributed by atoms with Crippen LogP contribution in [0.1, 0.15) is 22.3 Å². The first-order valence-electron chi connectivity index (χ1n) is 19.9. The summed E-state index contributed by atoms with van der Waals surface area (Å²) in [6, 6.07) is 61.3. The van der Waals surface area contributed by atoms with Crippen molar-refractivity contribution in [3.05, 3.63) is 192 Å². The summed E-state index contributed by atoms with van der Waals surface area (Å²) in [5, 5.41) is 8.79. The zero-order valence-corrected chi connectivity index (χ0v) is 32.9. The predicted octanol–water partition coefficient (Wildman–Crippen LogP) is 16.0. The van der Waals surface area contributed by atoms with Crippen molar-refractivity contribution in [3.8, 4) is 0 Å². The van der Waals surface area contributed by atoms with Crippen LogP contribution in [0.3, 0.4) is 0 Å². The second-order valence-electron chi connectivity index (χ2n) is 15.8. The molecule has 11 aromatic rings. The fraction of sp³-hybridized carbons (Fsp3) is 0.0741. The molecule has 0 aliphatic carbocycles. The number of anilines is 6. The van der Waals surface area contributed by atoms with Gasteiger partial charge in [0.2, 0.25) is 0 Å². The normalized spacial score (nSPS) is 11.8. The van der Waals surface area contributed by atoms with Gasteiger partial charge in [0.15, 0.2) is 11.2 Å². The second kappa shape index (κ2) is 13.1. The third kappa shape index (κ3) is 5.68. The molecular formula is C54H40N2O2. The molecule has 0 radical (unpaired) electrons. The van der Waals surface area contributed by atoms with Crippen LogP contribution in [0.2, 0.25) is 0 Å². The van der Waals surface area contributed by atoms with Crippen LogP contribution in [0, 0.1) is 27.7 Å². The lowest BCUT2D eigenvalue weighted by Gasteiger charge is -2.26. The molecule has 11 rings (SSSR count). The van der Waals surface area contributed by atoms with E-state index in [2.05, 4.69) is 207 Å². The van der Waals surface area contributed by atoms with Crippen molar-refractivity contribution in [1.29, 1.82) is 0 Å². The number of aryl methyl sites for hydroxylation is 4. The van der Waals surface area contributed by atoms with Gasteiger partial charge in [0.25, 0.3) is 0 Å². The first-order valence-corrected chi connectivity index (χ1v) is 19.9. The van der Waals surface area contributed by atoms with Crippen LogP contribution in [0.4, 0.5) is 34.1 Å². The minimum Gasteiger partial charge on any atom is -0.452 e. The number of nitrogens with zero attached hydrogens (tertiary/aromatic N) is 2. The third-order valence-electron chi connectivity index (χ3n) is 11.5. The molecular weight excluding hydrogens is 709 g/mol. The molecule has 278 valence electrons. The Morgan fingerprint density at radius 3 is 0.983 bits per heavy atom. The minimum absolute atomic E-state index is 0.773. The first-order chi connectivity index (χ1) is 28.3. The van der Waals surface area contributed by atoms with E-state index < -0.39 is 0 Å². The molecule has 0 spiro atoms. The van der Waals surface area contributed by atoms with Gasteiger partial charge in [0.05, 0.1) is 0 Å². The van der Waals surface area contributed by atoms with Gasteiger partial charge >= 0.3 is 0 Å². The number of hydrogen-bond acceptors (Lipinski definition) is 4. The Hall–Kier alpha value is -7.30. The number of furan rings is 2. The standard InChI is InChI=1S/C54H40N2O2/c1-33-9-5-13-41(23-33)55(42-14-6-10-34(2)24-42)45-19-17-37-29-49-47-21-22-48-50-30-38-18-20-46(56(43-15-7-11-35(3)25-43)44-16-8-12-36(4)26-44)28-40(38)32-52(50)58-54(48)53(47)57-51(49)31-39(37)27-45/h5-32H,1-4H3. The Labute approximate surface area is 336 Å². The topological polar surface area (TPSA) is 32.8 Å². The monoisotopic (exact) mass is 748 g/mol. The van der Waals surface area contributed by atoms with Crippen LogP contribution in [-0.2, 0) is 0 Å². The summed E-state index contributed by atoms with van der Waals surface area (Å²) < 4.78 is 13.5. The van der Waals surface area contributed by atoms with Gasteiger partial charge in [-0.05, 0) is 181 Å². The lowest BCUT2D eigenvalue weighted by atomic mass is 10.0. The van der Waals surface area contributed by atoms with E-state index in [4.69, 9.17) is 8.83 Å². The van der Waals surface area contributed by atoms with Crippen LogP contribution in [0.25, 0.3) is 65.4 Å². The molecule has 0 aliphatic rings. The van der Waals surface area contributed by atoms with Crippen LogP contribution in [0.15, 0.2) is 179 Å². The average molecular weight is 749 g/mol. The molecule has 4 heteroatoms. The van der Waals surface area contributed by atoms with Crippen molar-refractivity contribution in [2.24, 2.45) is 0 Å². The first kappa shape index (κ1) is 34.0. The van der Waals surface area contributed by atoms with E-state index in [1.807, 2.05) is 0 Å². The molecule has 0 saturated heterocycles. The molecule has 0 atom stereocenters. The van der Waals surface area contributed by atoms with Crippen molar-refractivity contribution in [3.63, 3.8) is 0 Å². The second-order valence-corrected chi connectivity index (χ2v) is 15.8.